The molecule has 1 saturated heterocycles. The fourth-order valence-corrected chi connectivity index (χ4v) is 1.43. The zero-order valence-electron chi connectivity index (χ0n) is 6.96. The highest BCUT2D eigenvalue weighted by molar-refractivity contribution is 5.89. The fraction of sp³-hybridized carbons (Fsp3) is 0.750. The molecule has 1 aliphatic rings. The lowest BCUT2D eigenvalue weighted by Gasteiger charge is -2.31. The summed E-state index contributed by atoms with van der Waals surface area (Å²) in [6, 6.07) is -0.193. The maximum Gasteiger partial charge on any atom is 0.220 e. The van der Waals surface area contributed by atoms with Crippen molar-refractivity contribution in [1.82, 2.24) is 4.90 Å². The number of amides is 1. The third-order valence-electron chi connectivity index (χ3n) is 2.16. The minimum atomic E-state index is -0.193. The molecule has 1 fully saturated rings. The predicted molar refractivity (Wildman–Crippen MR) is 41.1 cm³/mol. The van der Waals surface area contributed by atoms with Gasteiger partial charge in [-0.15, -0.1) is 0 Å². The lowest BCUT2D eigenvalue weighted by molar-refractivity contribution is -0.140. The molecule has 0 N–H and O–H groups in total. The predicted octanol–water partition coefficient (Wildman–Crippen LogP) is 0.586. The van der Waals surface area contributed by atoms with E-state index in [4.69, 9.17) is 0 Å². The van der Waals surface area contributed by atoms with E-state index in [1.165, 1.54) is 6.92 Å². The lowest BCUT2D eigenvalue weighted by atomic mass is 10.0. The van der Waals surface area contributed by atoms with E-state index in [1.54, 1.807) is 11.8 Å². The molecular formula is C8H13NO2. The Morgan fingerprint density at radius 1 is 1.64 bits per heavy atom. The van der Waals surface area contributed by atoms with Gasteiger partial charge in [0.25, 0.3) is 0 Å². The van der Waals surface area contributed by atoms with Gasteiger partial charge in [0, 0.05) is 19.9 Å². The second kappa shape index (κ2) is 3.03. The van der Waals surface area contributed by atoms with Gasteiger partial charge in [-0.1, -0.05) is 0 Å². The van der Waals surface area contributed by atoms with Crippen LogP contribution in [0.2, 0.25) is 0 Å². The molecule has 11 heavy (non-hydrogen) atoms. The first-order valence-corrected chi connectivity index (χ1v) is 3.93. The summed E-state index contributed by atoms with van der Waals surface area (Å²) in [5.41, 5.74) is 0. The molecule has 0 saturated carbocycles. The number of likely N-dealkylation sites (tertiary alicyclic amines) is 1. The number of Topliss-reactive ketones (excluding diaryl/α,β-unsaturated/α-hetero) is 1. The van der Waals surface area contributed by atoms with E-state index >= 15 is 0 Å². The van der Waals surface area contributed by atoms with E-state index < -0.39 is 0 Å². The Hall–Kier alpha value is -0.860. The van der Waals surface area contributed by atoms with Gasteiger partial charge in [-0.25, -0.2) is 0 Å². The Morgan fingerprint density at radius 2 is 2.27 bits per heavy atom. The third kappa shape index (κ3) is 1.59. The van der Waals surface area contributed by atoms with Crippen LogP contribution in [-0.4, -0.2) is 29.2 Å². The Labute approximate surface area is 66.4 Å². The molecule has 1 heterocycles. The zero-order valence-corrected chi connectivity index (χ0v) is 6.96. The molecule has 1 unspecified atom stereocenters. The van der Waals surface area contributed by atoms with Gasteiger partial charge in [-0.05, 0) is 13.3 Å². The van der Waals surface area contributed by atoms with Gasteiger partial charge in [-0.3, -0.25) is 9.59 Å². The first kappa shape index (κ1) is 8.24. The van der Waals surface area contributed by atoms with Crippen molar-refractivity contribution in [2.24, 2.45) is 0 Å². The SMILES string of the molecule is CC(=O)N1CCCC(=O)C1C. The molecule has 1 aliphatic heterocycles. The summed E-state index contributed by atoms with van der Waals surface area (Å²) in [7, 11) is 0. The summed E-state index contributed by atoms with van der Waals surface area (Å²) in [5.74, 6) is 0.192. The molecule has 0 aromatic carbocycles. The van der Waals surface area contributed by atoms with Gasteiger partial charge in [0.2, 0.25) is 5.91 Å². The van der Waals surface area contributed by atoms with Crippen LogP contribution < -0.4 is 0 Å². The van der Waals surface area contributed by atoms with E-state index in [9.17, 15) is 9.59 Å². The molecule has 0 aromatic heterocycles. The fourth-order valence-electron chi connectivity index (χ4n) is 1.43. The summed E-state index contributed by atoms with van der Waals surface area (Å²) in [6.45, 7) is 4.04. The molecule has 1 atom stereocenters. The number of carbonyl (C=O) groups excluding carboxylic acids is 2. The molecule has 0 aliphatic carbocycles. The molecule has 3 nitrogen and oxygen atoms in total. The summed E-state index contributed by atoms with van der Waals surface area (Å²) >= 11 is 0. The number of hydrogen-bond donors (Lipinski definition) is 0. The van der Waals surface area contributed by atoms with Gasteiger partial charge in [0.15, 0.2) is 5.78 Å². The molecule has 0 bridgehead atoms. The summed E-state index contributed by atoms with van der Waals surface area (Å²) in [4.78, 5) is 23.7. The first-order valence-electron chi connectivity index (χ1n) is 3.93. The third-order valence-corrected chi connectivity index (χ3v) is 2.16. The van der Waals surface area contributed by atoms with E-state index in [0.717, 1.165) is 13.0 Å². The van der Waals surface area contributed by atoms with Crippen LogP contribution >= 0.6 is 0 Å². The molecular weight excluding hydrogens is 142 g/mol. The molecule has 62 valence electrons. The second-order valence-electron chi connectivity index (χ2n) is 2.96. The van der Waals surface area contributed by atoms with Crippen LogP contribution in [-0.2, 0) is 9.59 Å². The van der Waals surface area contributed by atoms with Gasteiger partial charge in [0.1, 0.15) is 0 Å². The van der Waals surface area contributed by atoms with Crippen LogP contribution in [0.25, 0.3) is 0 Å². The van der Waals surface area contributed by atoms with Crippen LogP contribution in [0, 0.1) is 0 Å². The highest BCUT2D eigenvalue weighted by atomic mass is 16.2. The minimum Gasteiger partial charge on any atom is -0.333 e. The second-order valence-corrected chi connectivity index (χ2v) is 2.96. The van der Waals surface area contributed by atoms with Crippen molar-refractivity contribution in [3.05, 3.63) is 0 Å². The zero-order chi connectivity index (χ0) is 8.43. The van der Waals surface area contributed by atoms with Crippen molar-refractivity contribution < 1.29 is 9.59 Å². The number of nitrogens with zero attached hydrogens (tertiary/aromatic N) is 1. The molecule has 0 spiro atoms. The largest absolute Gasteiger partial charge is 0.333 e. The van der Waals surface area contributed by atoms with Crippen LogP contribution in [0.15, 0.2) is 0 Å². The van der Waals surface area contributed by atoms with Crippen molar-refractivity contribution in [1.29, 1.82) is 0 Å². The average Bonchev–Trinajstić information content (AvgIpc) is 1.94. The number of hydrogen-bond acceptors (Lipinski definition) is 2. The van der Waals surface area contributed by atoms with Crippen molar-refractivity contribution in [3.8, 4) is 0 Å². The number of rotatable bonds is 0. The van der Waals surface area contributed by atoms with Crippen LogP contribution in [0.5, 0.6) is 0 Å². The Kier molecular flexibility index (Phi) is 2.27. The molecule has 0 radical (unpaired) electrons. The standard InChI is InChI=1S/C8H13NO2/c1-6-8(11)4-3-5-9(6)7(2)10/h6H,3-5H2,1-2H3. The highest BCUT2D eigenvalue weighted by Crippen LogP contribution is 2.12. The van der Waals surface area contributed by atoms with Crippen molar-refractivity contribution in [2.75, 3.05) is 6.54 Å². The van der Waals surface area contributed by atoms with E-state index in [1.807, 2.05) is 0 Å². The van der Waals surface area contributed by atoms with Gasteiger partial charge < -0.3 is 4.90 Å². The Bertz CT molecular complexity index is 189. The van der Waals surface area contributed by atoms with Crippen molar-refractivity contribution >= 4 is 11.7 Å². The molecule has 1 amide bonds. The van der Waals surface area contributed by atoms with Gasteiger partial charge >= 0.3 is 0 Å². The van der Waals surface area contributed by atoms with Gasteiger partial charge in [0.05, 0.1) is 6.04 Å². The van der Waals surface area contributed by atoms with E-state index in [-0.39, 0.29) is 17.7 Å². The molecule has 0 aromatic rings. The lowest BCUT2D eigenvalue weighted by Crippen LogP contribution is -2.46. The van der Waals surface area contributed by atoms with Crippen molar-refractivity contribution in [3.63, 3.8) is 0 Å². The summed E-state index contributed by atoms with van der Waals surface area (Å²) in [6.07, 6.45) is 1.45. The normalized spacial score (nSPS) is 25.5. The van der Waals surface area contributed by atoms with Crippen LogP contribution in [0.1, 0.15) is 26.7 Å². The number of ketones is 1. The monoisotopic (exact) mass is 155 g/mol. The maximum atomic E-state index is 11.1. The first-order chi connectivity index (χ1) is 5.13. The Morgan fingerprint density at radius 3 is 2.73 bits per heavy atom. The van der Waals surface area contributed by atoms with E-state index in [2.05, 4.69) is 0 Å². The topological polar surface area (TPSA) is 37.4 Å². The summed E-state index contributed by atoms with van der Waals surface area (Å²) < 4.78 is 0. The quantitative estimate of drug-likeness (QED) is 0.513. The molecule has 3 heteroatoms. The Balaban J connectivity index is 2.65. The van der Waals surface area contributed by atoms with E-state index in [0.29, 0.717) is 6.42 Å². The number of piperidine rings is 1. The van der Waals surface area contributed by atoms with Crippen LogP contribution in [0.3, 0.4) is 0 Å². The highest BCUT2D eigenvalue weighted by Gasteiger charge is 2.26. The number of carbonyl (C=O) groups is 2. The minimum absolute atomic E-state index is 0.00514. The summed E-state index contributed by atoms with van der Waals surface area (Å²) in [5, 5.41) is 0. The van der Waals surface area contributed by atoms with Crippen molar-refractivity contribution in [2.45, 2.75) is 32.7 Å². The molecule has 1 rings (SSSR count). The smallest absolute Gasteiger partial charge is 0.220 e. The average molecular weight is 155 g/mol. The van der Waals surface area contributed by atoms with Gasteiger partial charge in [-0.2, -0.15) is 0 Å². The van der Waals surface area contributed by atoms with Crippen LogP contribution in [0.4, 0.5) is 0 Å². The maximum absolute atomic E-state index is 11.1.